The predicted molar refractivity (Wildman–Crippen MR) is 72.1 cm³/mol. The Balaban J connectivity index is 2.76. The van der Waals surface area contributed by atoms with Gasteiger partial charge in [-0.05, 0) is 24.5 Å². The molecule has 0 nitrogen and oxygen atoms in total. The van der Waals surface area contributed by atoms with Gasteiger partial charge in [0.05, 0.1) is 0 Å². The first-order chi connectivity index (χ1) is 7.09. The Hall–Kier alpha value is -0.950. The Bertz CT molecular complexity index is 355. The van der Waals surface area contributed by atoms with Gasteiger partial charge in [0, 0.05) is 4.91 Å². The van der Waals surface area contributed by atoms with Crippen molar-refractivity contribution in [3.05, 3.63) is 53.6 Å². The fourth-order valence-electron chi connectivity index (χ4n) is 1.19. The molecule has 0 fully saturated rings. The van der Waals surface area contributed by atoms with Crippen molar-refractivity contribution in [2.45, 2.75) is 20.8 Å². The molecule has 0 unspecified atom stereocenters. The number of hydrogen-bond acceptors (Lipinski definition) is 1. The minimum Gasteiger partial charge on any atom is -0.143 e. The van der Waals surface area contributed by atoms with E-state index in [1.807, 2.05) is 6.08 Å². The average molecular weight is 218 g/mol. The minimum atomic E-state index is 0.584. The van der Waals surface area contributed by atoms with Crippen molar-refractivity contribution in [1.82, 2.24) is 0 Å². The SMILES string of the molecule is Cc1ccc(/C(S)=C/C=C/C(C)C)cc1. The van der Waals surface area contributed by atoms with Crippen LogP contribution in [0.4, 0.5) is 0 Å². The normalized spacial score (nSPS) is 12.7. The van der Waals surface area contributed by atoms with Crippen LogP contribution in [0.3, 0.4) is 0 Å². The van der Waals surface area contributed by atoms with E-state index >= 15 is 0 Å². The van der Waals surface area contributed by atoms with Gasteiger partial charge in [-0.1, -0.05) is 55.8 Å². The van der Waals surface area contributed by atoms with Gasteiger partial charge in [0.25, 0.3) is 0 Å². The first-order valence-corrected chi connectivity index (χ1v) is 5.69. The van der Waals surface area contributed by atoms with Crippen molar-refractivity contribution in [2.24, 2.45) is 5.92 Å². The summed E-state index contributed by atoms with van der Waals surface area (Å²) >= 11 is 4.47. The van der Waals surface area contributed by atoms with E-state index < -0.39 is 0 Å². The van der Waals surface area contributed by atoms with E-state index in [9.17, 15) is 0 Å². The van der Waals surface area contributed by atoms with E-state index in [1.165, 1.54) is 5.56 Å². The van der Waals surface area contributed by atoms with Crippen LogP contribution in [-0.4, -0.2) is 0 Å². The topological polar surface area (TPSA) is 0 Å². The van der Waals surface area contributed by atoms with Crippen LogP contribution in [0.25, 0.3) is 4.91 Å². The van der Waals surface area contributed by atoms with Gasteiger partial charge in [0.15, 0.2) is 0 Å². The number of aryl methyl sites for hydroxylation is 1. The highest BCUT2D eigenvalue weighted by Crippen LogP contribution is 2.18. The molecule has 0 aliphatic carbocycles. The molecule has 0 saturated heterocycles. The summed E-state index contributed by atoms with van der Waals surface area (Å²) in [5.41, 5.74) is 2.44. The second kappa shape index (κ2) is 5.82. The number of allylic oxidation sites excluding steroid dienone is 3. The molecule has 0 spiro atoms. The molecule has 0 radical (unpaired) electrons. The summed E-state index contributed by atoms with van der Waals surface area (Å²) in [7, 11) is 0. The summed E-state index contributed by atoms with van der Waals surface area (Å²) in [6.07, 6.45) is 6.26. The van der Waals surface area contributed by atoms with Crippen LogP contribution in [0.1, 0.15) is 25.0 Å². The molecule has 0 N–H and O–H groups in total. The Morgan fingerprint density at radius 3 is 2.33 bits per heavy atom. The van der Waals surface area contributed by atoms with Gasteiger partial charge in [0.1, 0.15) is 0 Å². The number of rotatable bonds is 3. The van der Waals surface area contributed by atoms with Crippen LogP contribution in [0.5, 0.6) is 0 Å². The summed E-state index contributed by atoms with van der Waals surface area (Å²) in [5.74, 6) is 0.584. The lowest BCUT2D eigenvalue weighted by Gasteiger charge is -2.00. The van der Waals surface area contributed by atoms with Crippen molar-refractivity contribution in [3.63, 3.8) is 0 Å². The van der Waals surface area contributed by atoms with Crippen LogP contribution < -0.4 is 0 Å². The largest absolute Gasteiger partial charge is 0.143 e. The van der Waals surface area contributed by atoms with E-state index in [2.05, 4.69) is 69.8 Å². The molecule has 0 aliphatic heterocycles. The smallest absolute Gasteiger partial charge is 0.0112 e. The third-order valence-corrected chi connectivity index (χ3v) is 2.50. The second-order valence-corrected chi connectivity index (χ2v) is 4.53. The van der Waals surface area contributed by atoms with Crippen LogP contribution in [0.15, 0.2) is 42.5 Å². The minimum absolute atomic E-state index is 0.584. The zero-order valence-corrected chi connectivity index (χ0v) is 10.5. The molecule has 0 saturated carbocycles. The van der Waals surface area contributed by atoms with Gasteiger partial charge in [0.2, 0.25) is 0 Å². The fraction of sp³-hybridized carbons (Fsp3) is 0.286. The van der Waals surface area contributed by atoms with Crippen LogP contribution in [0, 0.1) is 12.8 Å². The summed E-state index contributed by atoms with van der Waals surface area (Å²) in [6, 6.07) is 8.39. The summed E-state index contributed by atoms with van der Waals surface area (Å²) in [4.78, 5) is 1.01. The first kappa shape index (κ1) is 12.1. The van der Waals surface area contributed by atoms with Gasteiger partial charge in [-0.25, -0.2) is 0 Å². The quantitative estimate of drug-likeness (QED) is 0.561. The lowest BCUT2D eigenvalue weighted by molar-refractivity contribution is 0.832. The van der Waals surface area contributed by atoms with E-state index in [0.717, 1.165) is 10.5 Å². The van der Waals surface area contributed by atoms with E-state index in [1.54, 1.807) is 0 Å². The molecule has 0 amide bonds. The highest BCUT2D eigenvalue weighted by atomic mass is 32.1. The highest BCUT2D eigenvalue weighted by molar-refractivity contribution is 7.90. The molecule has 0 bridgehead atoms. The maximum absolute atomic E-state index is 4.47. The predicted octanol–water partition coefficient (Wildman–Crippen LogP) is 4.48. The molecule has 0 aliphatic rings. The molecule has 0 heterocycles. The Labute approximate surface area is 98.1 Å². The molecular formula is C14H18S. The standard InChI is InChI=1S/C14H18S/c1-11(2)5-4-6-14(15)13-9-7-12(3)8-10-13/h4-11,15H,1-3H3/b5-4+,14-6-. The molecule has 15 heavy (non-hydrogen) atoms. The Morgan fingerprint density at radius 2 is 1.80 bits per heavy atom. The number of benzene rings is 1. The highest BCUT2D eigenvalue weighted by Gasteiger charge is 1.93. The molecule has 80 valence electrons. The monoisotopic (exact) mass is 218 g/mol. The molecule has 1 aromatic carbocycles. The Morgan fingerprint density at radius 1 is 1.20 bits per heavy atom. The fourth-order valence-corrected chi connectivity index (χ4v) is 1.42. The van der Waals surface area contributed by atoms with E-state index in [-0.39, 0.29) is 0 Å². The summed E-state index contributed by atoms with van der Waals surface area (Å²) in [6.45, 7) is 6.41. The Kier molecular flexibility index (Phi) is 4.70. The summed E-state index contributed by atoms with van der Waals surface area (Å²) in [5, 5.41) is 0. The maximum atomic E-state index is 4.47. The number of hydrogen-bond donors (Lipinski definition) is 1. The van der Waals surface area contributed by atoms with E-state index in [0.29, 0.717) is 5.92 Å². The molecule has 0 atom stereocenters. The lowest BCUT2D eigenvalue weighted by Crippen LogP contribution is -1.78. The van der Waals surface area contributed by atoms with Gasteiger partial charge in [-0.2, -0.15) is 0 Å². The van der Waals surface area contributed by atoms with Gasteiger partial charge in [-0.3, -0.25) is 0 Å². The van der Waals surface area contributed by atoms with Gasteiger partial charge < -0.3 is 0 Å². The second-order valence-electron chi connectivity index (χ2n) is 4.05. The van der Waals surface area contributed by atoms with E-state index in [4.69, 9.17) is 0 Å². The van der Waals surface area contributed by atoms with Crippen molar-refractivity contribution in [3.8, 4) is 0 Å². The van der Waals surface area contributed by atoms with Crippen molar-refractivity contribution >= 4 is 17.5 Å². The lowest BCUT2D eigenvalue weighted by atomic mass is 10.1. The van der Waals surface area contributed by atoms with Crippen molar-refractivity contribution < 1.29 is 0 Å². The zero-order chi connectivity index (χ0) is 11.3. The zero-order valence-electron chi connectivity index (χ0n) is 9.57. The van der Waals surface area contributed by atoms with Crippen LogP contribution >= 0.6 is 12.6 Å². The summed E-state index contributed by atoms with van der Waals surface area (Å²) < 4.78 is 0. The van der Waals surface area contributed by atoms with Gasteiger partial charge in [-0.15, -0.1) is 12.6 Å². The van der Waals surface area contributed by atoms with Gasteiger partial charge >= 0.3 is 0 Å². The third kappa shape index (κ3) is 4.39. The molecule has 0 aromatic heterocycles. The molecular weight excluding hydrogens is 200 g/mol. The number of thiol groups is 1. The van der Waals surface area contributed by atoms with Crippen molar-refractivity contribution in [2.75, 3.05) is 0 Å². The molecule has 1 rings (SSSR count). The van der Waals surface area contributed by atoms with Crippen LogP contribution in [0.2, 0.25) is 0 Å². The first-order valence-electron chi connectivity index (χ1n) is 5.24. The molecule has 1 heteroatoms. The van der Waals surface area contributed by atoms with Crippen LogP contribution in [-0.2, 0) is 0 Å². The molecule has 1 aromatic rings. The van der Waals surface area contributed by atoms with Crippen molar-refractivity contribution in [1.29, 1.82) is 0 Å². The maximum Gasteiger partial charge on any atom is 0.0112 e. The average Bonchev–Trinajstić information content (AvgIpc) is 2.18. The third-order valence-electron chi connectivity index (χ3n) is 2.10.